The molecular weight excluding hydrogens is 344 g/mol. The molecular formula is C21H26N2O4. The molecule has 2 rings (SSSR count). The molecule has 144 valence electrons. The van der Waals surface area contributed by atoms with Gasteiger partial charge in [-0.05, 0) is 51.5 Å². The molecule has 1 aromatic heterocycles. The Bertz CT molecular complexity index is 798. The quantitative estimate of drug-likeness (QED) is 0.779. The second-order valence-corrected chi connectivity index (χ2v) is 7.31. The molecule has 1 amide bonds. The Hall–Kier alpha value is -2.73. The van der Waals surface area contributed by atoms with Gasteiger partial charge in [0, 0.05) is 30.4 Å². The van der Waals surface area contributed by atoms with Crippen molar-refractivity contribution in [2.45, 2.75) is 45.8 Å². The Morgan fingerprint density at radius 3 is 2.52 bits per heavy atom. The standard InChI is InChI=1S/C21H26N2O4/c1-14-15(17-10-5-6-12-22-17)8-7-9-16(14)19(24)23-18(20(25)26)11-13-27-21(2,3)4/h5-10,12,18H,11,13H2,1-4H3,(H,23,24)(H,25,26). The van der Waals surface area contributed by atoms with Crippen LogP contribution in [0.1, 0.15) is 43.1 Å². The summed E-state index contributed by atoms with van der Waals surface area (Å²) in [7, 11) is 0. The highest BCUT2D eigenvalue weighted by atomic mass is 16.5. The van der Waals surface area contributed by atoms with E-state index in [1.807, 2.05) is 52.0 Å². The number of aliphatic carboxylic acids is 1. The molecule has 2 aromatic rings. The maximum absolute atomic E-state index is 12.7. The van der Waals surface area contributed by atoms with Gasteiger partial charge in [-0.25, -0.2) is 4.79 Å². The molecule has 1 heterocycles. The summed E-state index contributed by atoms with van der Waals surface area (Å²) in [6.07, 6.45) is 1.88. The summed E-state index contributed by atoms with van der Waals surface area (Å²) in [5.74, 6) is -1.51. The number of ether oxygens (including phenoxy) is 1. The van der Waals surface area contributed by atoms with Crippen LogP contribution < -0.4 is 5.32 Å². The summed E-state index contributed by atoms with van der Waals surface area (Å²) >= 11 is 0. The highest BCUT2D eigenvalue weighted by Crippen LogP contribution is 2.24. The van der Waals surface area contributed by atoms with Gasteiger partial charge in [0.2, 0.25) is 0 Å². The van der Waals surface area contributed by atoms with Crippen LogP contribution in [0.2, 0.25) is 0 Å². The Morgan fingerprint density at radius 2 is 1.93 bits per heavy atom. The van der Waals surface area contributed by atoms with E-state index in [0.717, 1.165) is 16.8 Å². The summed E-state index contributed by atoms with van der Waals surface area (Å²) in [5, 5.41) is 12.0. The number of rotatable bonds is 7. The zero-order chi connectivity index (χ0) is 20.0. The van der Waals surface area contributed by atoms with Crippen molar-refractivity contribution in [2.75, 3.05) is 6.61 Å². The summed E-state index contributed by atoms with van der Waals surface area (Å²) in [6, 6.07) is 9.90. The van der Waals surface area contributed by atoms with Gasteiger partial charge in [0.05, 0.1) is 11.3 Å². The average Bonchev–Trinajstić information content (AvgIpc) is 2.60. The number of hydrogen-bond acceptors (Lipinski definition) is 4. The van der Waals surface area contributed by atoms with E-state index in [1.54, 1.807) is 18.3 Å². The highest BCUT2D eigenvalue weighted by molar-refractivity contribution is 5.99. The monoisotopic (exact) mass is 370 g/mol. The third kappa shape index (κ3) is 5.89. The Balaban J connectivity index is 2.15. The van der Waals surface area contributed by atoms with E-state index in [2.05, 4.69) is 10.3 Å². The molecule has 0 spiro atoms. The van der Waals surface area contributed by atoms with Crippen LogP contribution in [0.25, 0.3) is 11.3 Å². The molecule has 1 aromatic carbocycles. The number of aromatic nitrogens is 1. The van der Waals surface area contributed by atoms with E-state index in [9.17, 15) is 14.7 Å². The number of pyridine rings is 1. The van der Waals surface area contributed by atoms with Crippen LogP contribution in [-0.2, 0) is 9.53 Å². The second-order valence-electron chi connectivity index (χ2n) is 7.31. The molecule has 0 aliphatic carbocycles. The maximum Gasteiger partial charge on any atom is 0.326 e. The van der Waals surface area contributed by atoms with Crippen molar-refractivity contribution in [3.8, 4) is 11.3 Å². The molecule has 0 aliphatic rings. The topological polar surface area (TPSA) is 88.5 Å². The third-order valence-corrected chi connectivity index (χ3v) is 4.06. The fraction of sp³-hybridized carbons (Fsp3) is 0.381. The van der Waals surface area contributed by atoms with Crippen LogP contribution in [0.4, 0.5) is 0 Å². The van der Waals surface area contributed by atoms with Gasteiger partial charge in [0.15, 0.2) is 0 Å². The van der Waals surface area contributed by atoms with Gasteiger partial charge < -0.3 is 15.2 Å². The van der Waals surface area contributed by atoms with Crippen molar-refractivity contribution in [3.05, 3.63) is 53.7 Å². The van der Waals surface area contributed by atoms with Gasteiger partial charge in [-0.2, -0.15) is 0 Å². The van der Waals surface area contributed by atoms with Gasteiger partial charge >= 0.3 is 5.97 Å². The summed E-state index contributed by atoms with van der Waals surface area (Å²) < 4.78 is 5.58. The van der Waals surface area contributed by atoms with Crippen LogP contribution in [-0.4, -0.2) is 40.2 Å². The van der Waals surface area contributed by atoms with Crippen molar-refractivity contribution >= 4 is 11.9 Å². The second kappa shape index (κ2) is 8.77. The van der Waals surface area contributed by atoms with E-state index in [0.29, 0.717) is 5.56 Å². The summed E-state index contributed by atoms with van der Waals surface area (Å²) in [5.41, 5.74) is 2.43. The molecule has 6 heteroatoms. The molecule has 0 bridgehead atoms. The third-order valence-electron chi connectivity index (χ3n) is 4.06. The van der Waals surface area contributed by atoms with Crippen LogP contribution in [0, 0.1) is 6.92 Å². The van der Waals surface area contributed by atoms with Crippen molar-refractivity contribution in [1.82, 2.24) is 10.3 Å². The SMILES string of the molecule is Cc1c(C(=O)NC(CCOC(C)(C)C)C(=O)O)cccc1-c1ccccn1. The van der Waals surface area contributed by atoms with Gasteiger partial charge in [-0.1, -0.05) is 18.2 Å². The van der Waals surface area contributed by atoms with Crippen molar-refractivity contribution in [3.63, 3.8) is 0 Å². The lowest BCUT2D eigenvalue weighted by Gasteiger charge is -2.22. The molecule has 2 N–H and O–H groups in total. The minimum atomic E-state index is -1.08. The molecule has 6 nitrogen and oxygen atoms in total. The van der Waals surface area contributed by atoms with Gasteiger partial charge in [0.1, 0.15) is 6.04 Å². The number of nitrogens with one attached hydrogen (secondary N) is 1. The molecule has 0 saturated heterocycles. The fourth-order valence-electron chi connectivity index (χ4n) is 2.66. The predicted molar refractivity (Wildman–Crippen MR) is 104 cm³/mol. The Kier molecular flexibility index (Phi) is 6.69. The van der Waals surface area contributed by atoms with E-state index >= 15 is 0 Å². The molecule has 0 saturated carbocycles. The van der Waals surface area contributed by atoms with Gasteiger partial charge in [-0.3, -0.25) is 9.78 Å². The lowest BCUT2D eigenvalue weighted by atomic mass is 9.98. The van der Waals surface area contributed by atoms with Gasteiger partial charge in [0.25, 0.3) is 5.91 Å². The Morgan fingerprint density at radius 1 is 1.19 bits per heavy atom. The first-order valence-electron chi connectivity index (χ1n) is 8.87. The fourth-order valence-corrected chi connectivity index (χ4v) is 2.66. The molecule has 0 aliphatic heterocycles. The molecule has 0 fully saturated rings. The molecule has 1 unspecified atom stereocenters. The van der Waals surface area contributed by atoms with E-state index in [1.165, 1.54) is 0 Å². The number of benzene rings is 1. The van der Waals surface area contributed by atoms with Crippen LogP contribution in [0.3, 0.4) is 0 Å². The first-order chi connectivity index (χ1) is 12.7. The van der Waals surface area contributed by atoms with Crippen LogP contribution >= 0.6 is 0 Å². The molecule has 1 atom stereocenters. The number of carbonyl (C=O) groups excluding carboxylic acids is 1. The lowest BCUT2D eigenvalue weighted by Crippen LogP contribution is -2.42. The first-order valence-corrected chi connectivity index (χ1v) is 8.87. The van der Waals surface area contributed by atoms with Crippen LogP contribution in [0.15, 0.2) is 42.6 Å². The number of carbonyl (C=O) groups is 2. The smallest absolute Gasteiger partial charge is 0.326 e. The zero-order valence-corrected chi connectivity index (χ0v) is 16.2. The number of nitrogens with zero attached hydrogens (tertiary/aromatic N) is 1. The number of carboxylic acids is 1. The minimum absolute atomic E-state index is 0.192. The van der Waals surface area contributed by atoms with Gasteiger partial charge in [-0.15, -0.1) is 0 Å². The number of carboxylic acid groups (broad SMARTS) is 1. The summed E-state index contributed by atoms with van der Waals surface area (Å²) in [4.78, 5) is 28.5. The highest BCUT2D eigenvalue weighted by Gasteiger charge is 2.23. The average molecular weight is 370 g/mol. The van der Waals surface area contributed by atoms with Crippen molar-refractivity contribution < 1.29 is 19.4 Å². The first kappa shape index (κ1) is 20.6. The predicted octanol–water partition coefficient (Wildman–Crippen LogP) is 3.45. The van der Waals surface area contributed by atoms with E-state index in [-0.39, 0.29) is 18.6 Å². The summed E-state index contributed by atoms with van der Waals surface area (Å²) in [6.45, 7) is 7.76. The van der Waals surface area contributed by atoms with Crippen molar-refractivity contribution in [1.29, 1.82) is 0 Å². The maximum atomic E-state index is 12.7. The van der Waals surface area contributed by atoms with E-state index < -0.39 is 17.9 Å². The normalized spacial score (nSPS) is 12.4. The largest absolute Gasteiger partial charge is 0.480 e. The minimum Gasteiger partial charge on any atom is -0.480 e. The number of amides is 1. The van der Waals surface area contributed by atoms with Crippen LogP contribution in [0.5, 0.6) is 0 Å². The lowest BCUT2D eigenvalue weighted by molar-refractivity contribution is -0.140. The van der Waals surface area contributed by atoms with E-state index in [4.69, 9.17) is 4.74 Å². The molecule has 0 radical (unpaired) electrons. The Labute approximate surface area is 159 Å². The molecule has 27 heavy (non-hydrogen) atoms. The zero-order valence-electron chi connectivity index (χ0n) is 16.2. The number of hydrogen-bond donors (Lipinski definition) is 2. The van der Waals surface area contributed by atoms with Crippen molar-refractivity contribution in [2.24, 2.45) is 0 Å².